The van der Waals surface area contributed by atoms with Crippen LogP contribution in [0.2, 0.25) is 0 Å². The summed E-state index contributed by atoms with van der Waals surface area (Å²) in [5.74, 6) is 0.0132. The smallest absolute Gasteiger partial charge is 0.306 e. The molecule has 39 heavy (non-hydrogen) atoms. The van der Waals surface area contributed by atoms with E-state index in [1.54, 1.807) is 11.8 Å². The third-order valence-electron chi connectivity index (χ3n) is 7.12. The molecule has 3 N–H and O–H groups in total. The minimum Gasteiger partial charge on any atom is -0.491 e. The fourth-order valence-electron chi connectivity index (χ4n) is 4.90. The molecule has 8 heteroatoms. The Morgan fingerprint density at radius 2 is 1.67 bits per heavy atom. The highest BCUT2D eigenvalue weighted by molar-refractivity contribution is 7.98. The molecule has 1 heterocycles. The molecule has 7 nitrogen and oxygen atoms in total. The van der Waals surface area contributed by atoms with Gasteiger partial charge in [0.2, 0.25) is 5.91 Å². The molecule has 0 bridgehead atoms. The average molecular weight is 546 g/mol. The van der Waals surface area contributed by atoms with Gasteiger partial charge < -0.3 is 20.1 Å². The molecule has 0 aromatic heterocycles. The van der Waals surface area contributed by atoms with Crippen molar-refractivity contribution in [3.05, 3.63) is 83.9 Å². The molecule has 1 amide bonds. The van der Waals surface area contributed by atoms with Gasteiger partial charge in [-0.25, -0.2) is 0 Å². The van der Waals surface area contributed by atoms with Gasteiger partial charge in [0, 0.05) is 17.0 Å². The van der Waals surface area contributed by atoms with Gasteiger partial charge in [-0.2, -0.15) is 0 Å². The quantitative estimate of drug-likeness (QED) is 0.141. The number of nitrogens with one attached hydrogen (secondary N) is 1. The van der Waals surface area contributed by atoms with E-state index >= 15 is 0 Å². The van der Waals surface area contributed by atoms with Crippen LogP contribution in [0.3, 0.4) is 0 Å². The Bertz CT molecular complexity index is 1280. The SMILES string of the molecule is COC(=O)C[C@@H]1C[C@@H](COc2ccc(-c3ccc(C(=N)N)cc3)cc2)N(CCCc2ccc(SC)cc2)C1=O. The molecular formula is C31H35N3O4S. The molecule has 0 radical (unpaired) electrons. The third-order valence-corrected chi connectivity index (χ3v) is 7.86. The van der Waals surface area contributed by atoms with Crippen LogP contribution in [-0.4, -0.2) is 55.2 Å². The van der Waals surface area contributed by atoms with Crippen LogP contribution in [0.15, 0.2) is 77.7 Å². The Morgan fingerprint density at radius 1 is 1.03 bits per heavy atom. The Balaban J connectivity index is 1.37. The second kappa shape index (κ2) is 13.3. The molecular weight excluding hydrogens is 510 g/mol. The van der Waals surface area contributed by atoms with Crippen molar-refractivity contribution in [2.24, 2.45) is 11.7 Å². The van der Waals surface area contributed by atoms with Gasteiger partial charge >= 0.3 is 5.97 Å². The van der Waals surface area contributed by atoms with Crippen molar-refractivity contribution in [3.63, 3.8) is 0 Å². The summed E-state index contributed by atoms with van der Waals surface area (Å²) in [7, 11) is 1.35. The van der Waals surface area contributed by atoms with Gasteiger partial charge in [-0.05, 0) is 66.5 Å². The third kappa shape index (κ3) is 7.41. The maximum Gasteiger partial charge on any atom is 0.306 e. The number of likely N-dealkylation sites (tertiary alicyclic amines) is 1. The number of amides is 1. The van der Waals surface area contributed by atoms with Crippen LogP contribution in [0.1, 0.15) is 30.4 Å². The van der Waals surface area contributed by atoms with Crippen molar-refractivity contribution in [1.29, 1.82) is 5.41 Å². The normalized spacial score (nSPS) is 16.8. The Labute approximate surface area is 234 Å². The number of amidine groups is 1. The second-order valence-electron chi connectivity index (χ2n) is 9.68. The van der Waals surface area contributed by atoms with E-state index in [4.69, 9.17) is 20.6 Å². The first-order valence-electron chi connectivity index (χ1n) is 13.1. The minimum absolute atomic E-state index is 0.00362. The summed E-state index contributed by atoms with van der Waals surface area (Å²) >= 11 is 1.72. The van der Waals surface area contributed by atoms with Crippen LogP contribution in [0, 0.1) is 11.3 Å². The molecule has 0 unspecified atom stereocenters. The van der Waals surface area contributed by atoms with Gasteiger partial charge in [-0.1, -0.05) is 48.5 Å². The Hall–Kier alpha value is -3.78. The van der Waals surface area contributed by atoms with Gasteiger partial charge in [0.05, 0.1) is 25.5 Å². The lowest BCUT2D eigenvalue weighted by Crippen LogP contribution is -2.38. The summed E-state index contributed by atoms with van der Waals surface area (Å²) < 4.78 is 10.9. The summed E-state index contributed by atoms with van der Waals surface area (Å²) in [4.78, 5) is 28.2. The largest absolute Gasteiger partial charge is 0.491 e. The maximum atomic E-state index is 13.2. The zero-order chi connectivity index (χ0) is 27.8. The van der Waals surface area contributed by atoms with Crippen LogP contribution in [0.5, 0.6) is 5.75 Å². The van der Waals surface area contributed by atoms with E-state index in [9.17, 15) is 9.59 Å². The topological polar surface area (TPSA) is 106 Å². The Kier molecular flexibility index (Phi) is 9.65. The van der Waals surface area contributed by atoms with E-state index in [2.05, 4.69) is 30.5 Å². The lowest BCUT2D eigenvalue weighted by Gasteiger charge is -2.25. The lowest BCUT2D eigenvalue weighted by molar-refractivity contribution is -0.144. The summed E-state index contributed by atoms with van der Waals surface area (Å²) in [6.07, 6.45) is 4.43. The second-order valence-corrected chi connectivity index (χ2v) is 10.6. The number of aryl methyl sites for hydroxylation is 1. The lowest BCUT2D eigenvalue weighted by atomic mass is 10.0. The number of carbonyl (C=O) groups excluding carboxylic acids is 2. The number of ether oxygens (including phenoxy) is 2. The van der Waals surface area contributed by atoms with Gasteiger partial charge in [0.1, 0.15) is 18.2 Å². The zero-order valence-electron chi connectivity index (χ0n) is 22.4. The van der Waals surface area contributed by atoms with Gasteiger partial charge in [0.25, 0.3) is 0 Å². The van der Waals surface area contributed by atoms with Crippen molar-refractivity contribution in [3.8, 4) is 16.9 Å². The fourth-order valence-corrected chi connectivity index (χ4v) is 5.31. The number of hydrogen-bond acceptors (Lipinski definition) is 6. The first-order valence-corrected chi connectivity index (χ1v) is 14.3. The van der Waals surface area contributed by atoms with Crippen LogP contribution in [-0.2, 0) is 20.7 Å². The fraction of sp³-hybridized carbons (Fsp3) is 0.323. The highest BCUT2D eigenvalue weighted by atomic mass is 32.2. The number of nitrogens with two attached hydrogens (primary N) is 1. The van der Waals surface area contributed by atoms with E-state index in [0.717, 1.165) is 29.7 Å². The number of benzene rings is 3. The van der Waals surface area contributed by atoms with Crippen LogP contribution >= 0.6 is 11.8 Å². The first-order chi connectivity index (χ1) is 18.9. The molecule has 0 aliphatic carbocycles. The average Bonchev–Trinajstić information content (AvgIpc) is 3.26. The van der Waals surface area contributed by atoms with Crippen molar-refractivity contribution >= 4 is 29.5 Å². The van der Waals surface area contributed by atoms with E-state index in [0.29, 0.717) is 25.1 Å². The van der Waals surface area contributed by atoms with E-state index in [1.807, 2.05) is 53.4 Å². The van der Waals surface area contributed by atoms with Crippen LogP contribution < -0.4 is 10.5 Å². The van der Waals surface area contributed by atoms with Crippen molar-refractivity contribution < 1.29 is 19.1 Å². The number of rotatable bonds is 12. The standard InChI is InChI=1S/C31H35N3O4S/c1-37-29(35)19-25-18-26(34(31(25)36)17-3-4-21-5-15-28(39-2)16-6-21)20-38-27-13-11-23(12-14-27)22-7-9-24(10-8-22)30(32)33/h5-16,25-26H,3-4,17-20H2,1-2H3,(H3,32,33)/t25-,26-/m0/s1. The number of hydrogen-bond donors (Lipinski definition) is 2. The number of nitrogens with zero attached hydrogens (tertiary/aromatic N) is 1. The zero-order valence-corrected chi connectivity index (χ0v) is 23.2. The van der Waals surface area contributed by atoms with Crippen molar-refractivity contribution in [2.75, 3.05) is 26.5 Å². The molecule has 3 aromatic rings. The minimum atomic E-state index is -0.382. The summed E-state index contributed by atoms with van der Waals surface area (Å²) in [5, 5.41) is 7.54. The molecule has 2 atom stereocenters. The molecule has 4 rings (SSSR count). The highest BCUT2D eigenvalue weighted by Gasteiger charge is 2.40. The van der Waals surface area contributed by atoms with Crippen molar-refractivity contribution in [1.82, 2.24) is 4.90 Å². The molecule has 1 saturated heterocycles. The summed E-state index contributed by atoms with van der Waals surface area (Å²) in [6.45, 7) is 0.975. The molecule has 0 spiro atoms. The number of thioether (sulfide) groups is 1. The predicted molar refractivity (Wildman–Crippen MR) is 155 cm³/mol. The van der Waals surface area contributed by atoms with Gasteiger partial charge in [0.15, 0.2) is 0 Å². The molecule has 1 fully saturated rings. The number of methoxy groups -OCH3 is 1. The van der Waals surface area contributed by atoms with E-state index in [1.165, 1.54) is 17.6 Å². The van der Waals surface area contributed by atoms with E-state index in [-0.39, 0.29) is 36.1 Å². The van der Waals surface area contributed by atoms with Crippen molar-refractivity contribution in [2.45, 2.75) is 36.6 Å². The molecule has 204 valence electrons. The number of carbonyl (C=O) groups is 2. The highest BCUT2D eigenvalue weighted by Crippen LogP contribution is 2.30. The van der Waals surface area contributed by atoms with Crippen LogP contribution in [0.4, 0.5) is 0 Å². The molecule has 1 aliphatic rings. The molecule has 1 aliphatic heterocycles. The molecule has 3 aromatic carbocycles. The number of esters is 1. The summed E-state index contributed by atoms with van der Waals surface area (Å²) in [5.41, 5.74) is 9.53. The predicted octanol–water partition coefficient (Wildman–Crippen LogP) is 5.15. The van der Waals surface area contributed by atoms with Gasteiger partial charge in [-0.3, -0.25) is 15.0 Å². The first kappa shape index (κ1) is 28.2. The van der Waals surface area contributed by atoms with Crippen LogP contribution in [0.25, 0.3) is 11.1 Å². The summed E-state index contributed by atoms with van der Waals surface area (Å²) in [6, 6.07) is 23.8. The maximum absolute atomic E-state index is 13.2. The van der Waals surface area contributed by atoms with Gasteiger partial charge in [-0.15, -0.1) is 11.8 Å². The number of nitrogen functional groups attached to an aromatic ring is 1. The monoisotopic (exact) mass is 545 g/mol. The molecule has 0 saturated carbocycles. The van der Waals surface area contributed by atoms with E-state index < -0.39 is 0 Å². The Morgan fingerprint density at radius 3 is 2.26 bits per heavy atom.